The highest BCUT2D eigenvalue weighted by molar-refractivity contribution is 6.32. The highest BCUT2D eigenvalue weighted by Crippen LogP contribution is 2.35. The van der Waals surface area contributed by atoms with Gasteiger partial charge in [0.25, 0.3) is 0 Å². The summed E-state index contributed by atoms with van der Waals surface area (Å²) in [5.41, 5.74) is 5.19. The number of hydrazine groups is 1. The van der Waals surface area contributed by atoms with E-state index in [1.807, 2.05) is 13.0 Å². The second-order valence-corrected chi connectivity index (χ2v) is 5.46. The van der Waals surface area contributed by atoms with Gasteiger partial charge in [0.1, 0.15) is 0 Å². The fraction of sp³-hybridized carbons (Fsp3) is 0.571. The van der Waals surface area contributed by atoms with E-state index in [2.05, 4.69) is 17.6 Å². The first-order chi connectivity index (χ1) is 8.22. The van der Waals surface area contributed by atoms with Crippen LogP contribution in [0.25, 0.3) is 0 Å². The van der Waals surface area contributed by atoms with Gasteiger partial charge < -0.3 is 0 Å². The second kappa shape index (κ2) is 5.85. The van der Waals surface area contributed by atoms with Crippen molar-refractivity contribution in [3.63, 3.8) is 0 Å². The van der Waals surface area contributed by atoms with E-state index >= 15 is 0 Å². The average molecular weight is 253 g/mol. The monoisotopic (exact) mass is 252 g/mol. The Morgan fingerprint density at radius 1 is 1.41 bits per heavy atom. The van der Waals surface area contributed by atoms with Gasteiger partial charge in [-0.2, -0.15) is 0 Å². The average Bonchev–Trinajstić information content (AvgIpc) is 2.83. The van der Waals surface area contributed by atoms with Crippen molar-refractivity contribution >= 4 is 11.6 Å². The van der Waals surface area contributed by atoms with E-state index in [0.29, 0.717) is 0 Å². The maximum absolute atomic E-state index is 6.36. The van der Waals surface area contributed by atoms with E-state index in [1.165, 1.54) is 25.7 Å². The Bertz CT molecular complexity index is 372. The number of halogens is 1. The maximum atomic E-state index is 6.36. The predicted molar refractivity (Wildman–Crippen MR) is 72.8 cm³/mol. The molecule has 1 aliphatic rings. The van der Waals surface area contributed by atoms with Gasteiger partial charge in [0.2, 0.25) is 0 Å². The minimum absolute atomic E-state index is 0.186. The molecule has 1 saturated carbocycles. The van der Waals surface area contributed by atoms with Crippen LogP contribution in [0.15, 0.2) is 18.2 Å². The molecule has 17 heavy (non-hydrogen) atoms. The third kappa shape index (κ3) is 3.01. The van der Waals surface area contributed by atoms with Crippen LogP contribution in [0.1, 0.15) is 49.3 Å². The minimum Gasteiger partial charge on any atom is -0.271 e. The van der Waals surface area contributed by atoms with Gasteiger partial charge in [-0.05, 0) is 30.4 Å². The topological polar surface area (TPSA) is 38.0 Å². The van der Waals surface area contributed by atoms with Crippen LogP contribution in [0, 0.1) is 12.8 Å². The Morgan fingerprint density at radius 3 is 2.76 bits per heavy atom. The second-order valence-electron chi connectivity index (χ2n) is 5.08. The Kier molecular flexibility index (Phi) is 4.43. The Hall–Kier alpha value is -0.570. The summed E-state index contributed by atoms with van der Waals surface area (Å²) in [7, 11) is 0. The van der Waals surface area contributed by atoms with Gasteiger partial charge >= 0.3 is 0 Å². The first-order valence-corrected chi connectivity index (χ1v) is 6.81. The Labute approximate surface area is 109 Å². The summed E-state index contributed by atoms with van der Waals surface area (Å²) >= 11 is 6.36. The third-order valence-corrected chi connectivity index (χ3v) is 4.36. The van der Waals surface area contributed by atoms with Gasteiger partial charge in [-0.3, -0.25) is 11.3 Å². The van der Waals surface area contributed by atoms with Crippen LogP contribution >= 0.6 is 11.6 Å². The van der Waals surface area contributed by atoms with Gasteiger partial charge in [-0.25, -0.2) is 0 Å². The minimum atomic E-state index is 0.186. The largest absolute Gasteiger partial charge is 0.271 e. The molecule has 94 valence electrons. The molecule has 0 aliphatic heterocycles. The van der Waals surface area contributed by atoms with Crippen molar-refractivity contribution < 1.29 is 0 Å². The molecular formula is C14H21ClN2. The summed E-state index contributed by atoms with van der Waals surface area (Å²) in [5.74, 6) is 6.49. The summed E-state index contributed by atoms with van der Waals surface area (Å²) in [6.07, 6.45) is 6.50. The summed E-state index contributed by atoms with van der Waals surface area (Å²) in [4.78, 5) is 0. The van der Waals surface area contributed by atoms with Gasteiger partial charge in [0.15, 0.2) is 0 Å². The predicted octanol–water partition coefficient (Wildman–Crippen LogP) is 3.73. The quantitative estimate of drug-likeness (QED) is 0.633. The van der Waals surface area contributed by atoms with Crippen LogP contribution in [-0.2, 0) is 0 Å². The van der Waals surface area contributed by atoms with Crippen molar-refractivity contribution in [3.05, 3.63) is 34.3 Å². The lowest BCUT2D eigenvalue weighted by molar-refractivity contribution is 0.400. The van der Waals surface area contributed by atoms with Crippen molar-refractivity contribution in [2.45, 2.75) is 45.1 Å². The molecule has 3 heteroatoms. The number of rotatable bonds is 4. The molecule has 1 aromatic carbocycles. The number of aryl methyl sites for hydroxylation is 1. The fourth-order valence-electron chi connectivity index (χ4n) is 2.80. The molecule has 1 unspecified atom stereocenters. The molecule has 2 rings (SSSR count). The Morgan fingerprint density at radius 2 is 2.12 bits per heavy atom. The van der Waals surface area contributed by atoms with Crippen LogP contribution in [0.2, 0.25) is 5.02 Å². The number of nitrogens with one attached hydrogen (secondary N) is 1. The number of nitrogens with two attached hydrogens (primary N) is 1. The molecule has 0 radical (unpaired) electrons. The zero-order valence-corrected chi connectivity index (χ0v) is 11.1. The molecule has 1 fully saturated rings. The lowest BCUT2D eigenvalue weighted by Crippen LogP contribution is -2.29. The zero-order chi connectivity index (χ0) is 12.3. The molecule has 0 heterocycles. The van der Waals surface area contributed by atoms with Gasteiger partial charge in [0, 0.05) is 11.1 Å². The normalized spacial score (nSPS) is 18.5. The number of benzene rings is 1. The maximum Gasteiger partial charge on any atom is 0.0483 e. The molecule has 1 aliphatic carbocycles. The first kappa shape index (κ1) is 12.9. The van der Waals surface area contributed by atoms with Gasteiger partial charge in [0.05, 0.1) is 0 Å². The molecule has 1 aromatic rings. The molecule has 2 nitrogen and oxygen atoms in total. The molecular weight excluding hydrogens is 232 g/mol. The van der Waals surface area contributed by atoms with E-state index in [4.69, 9.17) is 17.4 Å². The highest BCUT2D eigenvalue weighted by atomic mass is 35.5. The van der Waals surface area contributed by atoms with Crippen LogP contribution in [0.5, 0.6) is 0 Å². The van der Waals surface area contributed by atoms with Gasteiger partial charge in [-0.1, -0.05) is 55.5 Å². The van der Waals surface area contributed by atoms with Crippen LogP contribution < -0.4 is 11.3 Å². The van der Waals surface area contributed by atoms with E-state index in [0.717, 1.165) is 28.5 Å². The highest BCUT2D eigenvalue weighted by Gasteiger charge is 2.22. The molecule has 0 amide bonds. The van der Waals surface area contributed by atoms with Crippen molar-refractivity contribution in [1.82, 2.24) is 5.43 Å². The summed E-state index contributed by atoms with van der Waals surface area (Å²) in [5, 5.41) is 0.855. The van der Waals surface area contributed by atoms with Crippen molar-refractivity contribution in [2.24, 2.45) is 11.8 Å². The smallest absolute Gasteiger partial charge is 0.0483 e. The zero-order valence-electron chi connectivity index (χ0n) is 10.4. The lowest BCUT2D eigenvalue weighted by atomic mass is 9.93. The molecule has 0 bridgehead atoms. The first-order valence-electron chi connectivity index (χ1n) is 6.43. The standard InChI is InChI=1S/C14H21ClN2/c1-10-5-4-8-12(14(10)15)13(17-16)9-11-6-2-3-7-11/h4-5,8,11,13,17H,2-3,6-7,9,16H2,1H3. The van der Waals surface area contributed by atoms with Crippen LogP contribution in [-0.4, -0.2) is 0 Å². The van der Waals surface area contributed by atoms with E-state index in [-0.39, 0.29) is 6.04 Å². The molecule has 0 saturated heterocycles. The molecule has 3 N–H and O–H groups in total. The van der Waals surface area contributed by atoms with Crippen LogP contribution in [0.3, 0.4) is 0 Å². The summed E-state index contributed by atoms with van der Waals surface area (Å²) in [6.45, 7) is 2.04. The Balaban J connectivity index is 2.13. The fourth-order valence-corrected chi connectivity index (χ4v) is 3.06. The van der Waals surface area contributed by atoms with Crippen molar-refractivity contribution in [2.75, 3.05) is 0 Å². The molecule has 0 spiro atoms. The summed E-state index contributed by atoms with van der Waals surface area (Å²) < 4.78 is 0. The number of hydrogen-bond donors (Lipinski definition) is 2. The lowest BCUT2D eigenvalue weighted by Gasteiger charge is -2.21. The molecule has 0 aromatic heterocycles. The van der Waals surface area contributed by atoms with Crippen LogP contribution in [0.4, 0.5) is 0 Å². The van der Waals surface area contributed by atoms with E-state index < -0.39 is 0 Å². The molecule has 1 atom stereocenters. The van der Waals surface area contributed by atoms with Gasteiger partial charge in [-0.15, -0.1) is 0 Å². The third-order valence-electron chi connectivity index (χ3n) is 3.84. The van der Waals surface area contributed by atoms with E-state index in [9.17, 15) is 0 Å². The SMILES string of the molecule is Cc1cccc(C(CC2CCCC2)NN)c1Cl. The van der Waals surface area contributed by atoms with Crippen molar-refractivity contribution in [1.29, 1.82) is 0 Å². The van der Waals surface area contributed by atoms with Crippen molar-refractivity contribution in [3.8, 4) is 0 Å². The summed E-state index contributed by atoms with van der Waals surface area (Å²) in [6, 6.07) is 6.35. The number of hydrogen-bond acceptors (Lipinski definition) is 2. The van der Waals surface area contributed by atoms with E-state index in [1.54, 1.807) is 0 Å².